The number of carbonyl (C=O) groups is 2. The van der Waals surface area contributed by atoms with Gasteiger partial charge in [0.2, 0.25) is 0 Å². The number of nitrogens with one attached hydrogen (secondary N) is 1. The molecule has 1 aliphatic heterocycles. The van der Waals surface area contributed by atoms with Gasteiger partial charge in [0.15, 0.2) is 0 Å². The first-order valence-electron chi connectivity index (χ1n) is 11.0. The SMILES string of the molecule is Cc1ccc(-c2sccc2C(=O)N2C[C@@H]3C[C@@H]3[C@H]2CNC(=O)c2cccc3nonc23)cc1. The van der Waals surface area contributed by atoms with E-state index in [2.05, 4.69) is 46.8 Å². The summed E-state index contributed by atoms with van der Waals surface area (Å²) in [6.45, 7) is 3.21. The first-order valence-corrected chi connectivity index (χ1v) is 11.9. The first-order chi connectivity index (χ1) is 16.1. The molecule has 0 radical (unpaired) electrons. The van der Waals surface area contributed by atoms with Crippen LogP contribution in [0, 0.1) is 18.8 Å². The molecule has 0 unspecified atom stereocenters. The second-order valence-electron chi connectivity index (χ2n) is 8.86. The van der Waals surface area contributed by atoms with Crippen LogP contribution < -0.4 is 5.32 Å². The quantitative estimate of drug-likeness (QED) is 0.485. The molecule has 1 aliphatic carbocycles. The van der Waals surface area contributed by atoms with E-state index in [4.69, 9.17) is 4.63 Å². The second kappa shape index (κ2) is 7.81. The van der Waals surface area contributed by atoms with Crippen LogP contribution in [0.3, 0.4) is 0 Å². The van der Waals surface area contributed by atoms with E-state index in [9.17, 15) is 9.59 Å². The zero-order valence-corrected chi connectivity index (χ0v) is 18.8. The predicted octanol–water partition coefficient (Wildman–Crippen LogP) is 4.15. The van der Waals surface area contributed by atoms with Crippen LogP contribution in [-0.4, -0.2) is 46.2 Å². The van der Waals surface area contributed by atoms with Gasteiger partial charge < -0.3 is 10.2 Å². The number of likely N-dealkylation sites (tertiary alicyclic amines) is 1. The number of rotatable bonds is 5. The Kier molecular flexibility index (Phi) is 4.76. The summed E-state index contributed by atoms with van der Waals surface area (Å²) in [5.74, 6) is 0.783. The molecule has 3 heterocycles. The van der Waals surface area contributed by atoms with Gasteiger partial charge >= 0.3 is 0 Å². The van der Waals surface area contributed by atoms with E-state index in [1.165, 1.54) is 5.56 Å². The lowest BCUT2D eigenvalue weighted by atomic mass is 10.1. The third kappa shape index (κ3) is 3.51. The number of benzene rings is 2. The molecule has 4 aromatic rings. The number of hydrogen-bond donors (Lipinski definition) is 1. The summed E-state index contributed by atoms with van der Waals surface area (Å²) in [5, 5.41) is 12.7. The lowest BCUT2D eigenvalue weighted by Crippen LogP contribution is -2.45. The third-order valence-corrected chi connectivity index (χ3v) is 7.74. The number of carbonyl (C=O) groups excluding carboxylic acids is 2. The van der Waals surface area contributed by atoms with Gasteiger partial charge in [0.05, 0.1) is 17.2 Å². The number of fused-ring (bicyclic) bond motifs is 2. The number of nitrogens with zero attached hydrogens (tertiary/aromatic N) is 3. The first kappa shape index (κ1) is 20.1. The van der Waals surface area contributed by atoms with Crippen molar-refractivity contribution in [2.45, 2.75) is 19.4 Å². The predicted molar refractivity (Wildman–Crippen MR) is 125 cm³/mol. The minimum Gasteiger partial charge on any atom is -0.350 e. The van der Waals surface area contributed by atoms with Crippen molar-refractivity contribution >= 4 is 34.2 Å². The van der Waals surface area contributed by atoms with Crippen LogP contribution in [0.15, 0.2) is 58.5 Å². The maximum absolute atomic E-state index is 13.6. The van der Waals surface area contributed by atoms with Gasteiger partial charge in [-0.1, -0.05) is 35.9 Å². The van der Waals surface area contributed by atoms with Gasteiger partial charge in [-0.15, -0.1) is 11.3 Å². The van der Waals surface area contributed by atoms with Crippen molar-refractivity contribution < 1.29 is 14.2 Å². The van der Waals surface area contributed by atoms with Crippen molar-refractivity contribution in [2.75, 3.05) is 13.1 Å². The average molecular weight is 459 g/mol. The van der Waals surface area contributed by atoms with E-state index in [1.807, 2.05) is 16.3 Å². The number of hydrogen-bond acceptors (Lipinski definition) is 6. The molecule has 1 saturated carbocycles. The van der Waals surface area contributed by atoms with Crippen molar-refractivity contribution in [3.8, 4) is 10.4 Å². The molecule has 2 amide bonds. The van der Waals surface area contributed by atoms with Gasteiger partial charge in [-0.2, -0.15) is 0 Å². The largest absolute Gasteiger partial charge is 0.350 e. The lowest BCUT2D eigenvalue weighted by Gasteiger charge is -2.28. The Morgan fingerprint density at radius 2 is 1.97 bits per heavy atom. The zero-order chi connectivity index (χ0) is 22.5. The zero-order valence-electron chi connectivity index (χ0n) is 18.0. The van der Waals surface area contributed by atoms with Crippen LogP contribution in [0.25, 0.3) is 21.5 Å². The molecule has 6 rings (SSSR count). The van der Waals surface area contributed by atoms with Gasteiger partial charge in [-0.05, 0) is 64.6 Å². The fourth-order valence-corrected chi connectivity index (χ4v) is 5.80. The van der Waals surface area contributed by atoms with Gasteiger partial charge in [0, 0.05) is 18.0 Å². The molecule has 7 nitrogen and oxygen atoms in total. The summed E-state index contributed by atoms with van der Waals surface area (Å²) in [6, 6.07) is 15.4. The van der Waals surface area contributed by atoms with Crippen LogP contribution in [0.4, 0.5) is 0 Å². The van der Waals surface area contributed by atoms with Crippen LogP contribution in [-0.2, 0) is 0 Å². The van der Waals surface area contributed by atoms with Crippen molar-refractivity contribution in [3.05, 3.63) is 70.6 Å². The molecular weight excluding hydrogens is 436 g/mol. The van der Waals surface area contributed by atoms with E-state index in [0.717, 1.165) is 29.0 Å². The Balaban J connectivity index is 1.21. The summed E-state index contributed by atoms with van der Waals surface area (Å²) in [7, 11) is 0. The van der Waals surface area contributed by atoms with Gasteiger partial charge in [0.25, 0.3) is 11.8 Å². The van der Waals surface area contributed by atoms with E-state index < -0.39 is 0 Å². The van der Waals surface area contributed by atoms with Crippen LogP contribution in [0.1, 0.15) is 32.7 Å². The molecule has 8 heteroatoms. The van der Waals surface area contributed by atoms with Crippen molar-refractivity contribution in [3.63, 3.8) is 0 Å². The standard InChI is InChI=1S/C25H22N4O3S/c1-14-5-7-15(8-6-14)23-18(9-10-33-23)25(31)29-13-16-11-19(16)21(29)12-26-24(30)17-3-2-4-20-22(17)28-32-27-20/h2-10,16,19,21H,11-13H2,1H3,(H,26,30)/t16-,19-,21+/m0/s1. The van der Waals surface area contributed by atoms with Crippen molar-refractivity contribution in [1.82, 2.24) is 20.5 Å². The van der Waals surface area contributed by atoms with Crippen LogP contribution >= 0.6 is 11.3 Å². The highest BCUT2D eigenvalue weighted by atomic mass is 32.1. The minimum atomic E-state index is -0.233. The monoisotopic (exact) mass is 458 g/mol. The van der Waals surface area contributed by atoms with Gasteiger partial charge in [0.1, 0.15) is 11.0 Å². The molecule has 1 N–H and O–H groups in total. The normalized spacial score (nSPS) is 21.2. The minimum absolute atomic E-state index is 0.00754. The summed E-state index contributed by atoms with van der Waals surface area (Å²) in [5.41, 5.74) is 4.40. The molecule has 2 fully saturated rings. The summed E-state index contributed by atoms with van der Waals surface area (Å²) in [4.78, 5) is 29.4. The van der Waals surface area contributed by atoms with Crippen molar-refractivity contribution in [2.24, 2.45) is 11.8 Å². The van der Waals surface area contributed by atoms with E-state index in [1.54, 1.807) is 29.5 Å². The number of aryl methyl sites for hydroxylation is 1. The van der Waals surface area contributed by atoms with E-state index in [-0.39, 0.29) is 17.9 Å². The molecule has 0 spiro atoms. The number of piperidine rings is 1. The van der Waals surface area contributed by atoms with E-state index >= 15 is 0 Å². The van der Waals surface area contributed by atoms with E-state index in [0.29, 0.717) is 35.0 Å². The summed E-state index contributed by atoms with van der Waals surface area (Å²) >= 11 is 1.59. The maximum atomic E-state index is 13.6. The molecule has 3 atom stereocenters. The highest BCUT2D eigenvalue weighted by Gasteiger charge is 2.54. The average Bonchev–Trinajstić information content (AvgIpc) is 3.20. The Morgan fingerprint density at radius 1 is 1.12 bits per heavy atom. The molecule has 2 aromatic heterocycles. The number of amides is 2. The lowest BCUT2D eigenvalue weighted by molar-refractivity contribution is 0.0696. The molecule has 2 aromatic carbocycles. The Labute approximate surface area is 194 Å². The molecule has 1 saturated heterocycles. The number of thiophene rings is 1. The Hall–Kier alpha value is -3.52. The third-order valence-electron chi connectivity index (χ3n) is 6.78. The summed E-state index contributed by atoms with van der Waals surface area (Å²) < 4.78 is 4.77. The smallest absolute Gasteiger partial charge is 0.255 e. The second-order valence-corrected chi connectivity index (χ2v) is 9.78. The van der Waals surface area contributed by atoms with Gasteiger partial charge in [-0.25, -0.2) is 4.63 Å². The molecule has 2 aliphatic rings. The summed E-state index contributed by atoms with van der Waals surface area (Å²) in [6.07, 6.45) is 1.11. The highest BCUT2D eigenvalue weighted by molar-refractivity contribution is 7.14. The van der Waals surface area contributed by atoms with Crippen molar-refractivity contribution in [1.29, 1.82) is 0 Å². The maximum Gasteiger partial charge on any atom is 0.255 e. The Morgan fingerprint density at radius 3 is 2.82 bits per heavy atom. The highest BCUT2D eigenvalue weighted by Crippen LogP contribution is 2.50. The molecule has 0 bridgehead atoms. The Bertz CT molecular complexity index is 1360. The van der Waals surface area contributed by atoms with Crippen LogP contribution in [0.2, 0.25) is 0 Å². The molecular formula is C25H22N4O3S. The molecule has 166 valence electrons. The fourth-order valence-electron chi connectivity index (χ4n) is 4.91. The topological polar surface area (TPSA) is 88.3 Å². The van der Waals surface area contributed by atoms with Crippen LogP contribution in [0.5, 0.6) is 0 Å². The van der Waals surface area contributed by atoms with Gasteiger partial charge in [-0.3, -0.25) is 9.59 Å². The molecule has 33 heavy (non-hydrogen) atoms. The fraction of sp³-hybridized carbons (Fsp3) is 0.280. The number of aromatic nitrogens is 2.